The van der Waals surface area contributed by atoms with Crippen molar-refractivity contribution in [1.82, 2.24) is 14.7 Å². The van der Waals surface area contributed by atoms with Gasteiger partial charge in [0.15, 0.2) is 0 Å². The molecule has 1 atom stereocenters. The van der Waals surface area contributed by atoms with E-state index in [0.29, 0.717) is 12.6 Å². The molecule has 5 heteroatoms. The summed E-state index contributed by atoms with van der Waals surface area (Å²) in [6.45, 7) is 5.33. The summed E-state index contributed by atoms with van der Waals surface area (Å²) in [5.41, 5.74) is 0.606. The van der Waals surface area contributed by atoms with Gasteiger partial charge in [-0.2, -0.15) is 9.78 Å². The van der Waals surface area contributed by atoms with Crippen molar-refractivity contribution in [3.8, 4) is 11.4 Å². The highest BCUT2D eigenvalue weighted by Crippen LogP contribution is 2.17. The average molecular weight is 313 g/mol. The first-order chi connectivity index (χ1) is 11.2. The molecule has 0 N–H and O–H groups in total. The number of likely N-dealkylation sites (tertiary alicyclic amines) is 1. The Morgan fingerprint density at radius 3 is 2.78 bits per heavy atom. The maximum absolute atomic E-state index is 11.7. The topological polar surface area (TPSA) is 47.4 Å². The van der Waals surface area contributed by atoms with Gasteiger partial charge in [0.2, 0.25) is 0 Å². The van der Waals surface area contributed by atoms with Gasteiger partial charge in [-0.25, -0.2) is 0 Å². The summed E-state index contributed by atoms with van der Waals surface area (Å²) in [6, 6.07) is 11.3. The summed E-state index contributed by atoms with van der Waals surface area (Å²) in [5.74, 6) is 0.826. The highest BCUT2D eigenvalue weighted by Gasteiger charge is 2.18. The minimum atomic E-state index is -0.138. The van der Waals surface area contributed by atoms with E-state index in [9.17, 15) is 4.79 Å². The predicted molar refractivity (Wildman–Crippen MR) is 90.2 cm³/mol. The molecule has 0 amide bonds. The number of ether oxygens (including phenoxy) is 1. The van der Waals surface area contributed by atoms with Gasteiger partial charge in [-0.3, -0.25) is 4.79 Å². The maximum Gasteiger partial charge on any atom is 0.271 e. The lowest BCUT2D eigenvalue weighted by Gasteiger charge is -2.20. The van der Waals surface area contributed by atoms with Crippen molar-refractivity contribution < 1.29 is 4.74 Å². The van der Waals surface area contributed by atoms with Gasteiger partial charge < -0.3 is 9.64 Å². The molecule has 1 fully saturated rings. The first kappa shape index (κ1) is 15.7. The molecule has 122 valence electrons. The third kappa shape index (κ3) is 3.99. The second-order valence-corrected chi connectivity index (χ2v) is 6.00. The van der Waals surface area contributed by atoms with Crippen LogP contribution in [0.15, 0.2) is 47.4 Å². The zero-order valence-electron chi connectivity index (χ0n) is 13.5. The zero-order chi connectivity index (χ0) is 16.1. The minimum absolute atomic E-state index is 0.138. The van der Waals surface area contributed by atoms with Crippen LogP contribution in [-0.2, 0) is 0 Å². The molecule has 0 spiro atoms. The summed E-state index contributed by atoms with van der Waals surface area (Å²) in [6.07, 6.45) is 5.27. The Morgan fingerprint density at radius 2 is 2.09 bits per heavy atom. The average Bonchev–Trinajstić information content (AvgIpc) is 2.98. The molecule has 0 bridgehead atoms. The normalized spacial score (nSPS) is 18.2. The Labute approximate surface area is 136 Å². The van der Waals surface area contributed by atoms with E-state index in [4.69, 9.17) is 4.74 Å². The van der Waals surface area contributed by atoms with Gasteiger partial charge in [0.25, 0.3) is 5.56 Å². The first-order valence-corrected chi connectivity index (χ1v) is 8.26. The lowest BCUT2D eigenvalue weighted by Crippen LogP contribution is -2.28. The Kier molecular flexibility index (Phi) is 5.08. The van der Waals surface area contributed by atoms with Crippen LogP contribution in [0, 0.1) is 0 Å². The zero-order valence-corrected chi connectivity index (χ0v) is 13.5. The fourth-order valence-corrected chi connectivity index (χ4v) is 3.02. The molecule has 1 aliphatic heterocycles. The standard InChI is InChI=1S/C18H23N3O2/c1-15-5-3-12-20(15)13-4-14-23-17-9-7-16(8-10-17)21-18(22)6-2-11-19-21/h2,6-11,15H,3-5,12-14H2,1H3/t15-/m1/s1. The van der Waals surface area contributed by atoms with E-state index < -0.39 is 0 Å². The number of rotatable bonds is 6. The summed E-state index contributed by atoms with van der Waals surface area (Å²) in [4.78, 5) is 14.3. The number of nitrogens with zero attached hydrogens (tertiary/aromatic N) is 3. The molecule has 5 nitrogen and oxygen atoms in total. The van der Waals surface area contributed by atoms with Crippen LogP contribution in [-0.4, -0.2) is 40.4 Å². The Hall–Kier alpha value is -2.14. The monoisotopic (exact) mass is 313 g/mol. The van der Waals surface area contributed by atoms with E-state index >= 15 is 0 Å². The summed E-state index contributed by atoms with van der Waals surface area (Å²) in [7, 11) is 0. The smallest absolute Gasteiger partial charge is 0.271 e. The van der Waals surface area contributed by atoms with Crippen LogP contribution in [0.5, 0.6) is 5.75 Å². The Morgan fingerprint density at radius 1 is 1.26 bits per heavy atom. The van der Waals surface area contributed by atoms with Crippen LogP contribution in [0.4, 0.5) is 0 Å². The maximum atomic E-state index is 11.7. The molecule has 0 unspecified atom stereocenters. The summed E-state index contributed by atoms with van der Waals surface area (Å²) < 4.78 is 7.16. The van der Waals surface area contributed by atoms with Gasteiger partial charge in [0.05, 0.1) is 12.3 Å². The Balaban J connectivity index is 1.50. The largest absolute Gasteiger partial charge is 0.494 e. The van der Waals surface area contributed by atoms with Crippen molar-refractivity contribution in [1.29, 1.82) is 0 Å². The van der Waals surface area contributed by atoms with Gasteiger partial charge in [0.1, 0.15) is 5.75 Å². The van der Waals surface area contributed by atoms with Crippen molar-refractivity contribution in [3.05, 3.63) is 52.9 Å². The van der Waals surface area contributed by atoms with Gasteiger partial charge in [-0.1, -0.05) is 0 Å². The van der Waals surface area contributed by atoms with Crippen LogP contribution in [0.3, 0.4) is 0 Å². The molecule has 0 saturated carbocycles. The summed E-state index contributed by atoms with van der Waals surface area (Å²) >= 11 is 0. The van der Waals surface area contributed by atoms with Crippen molar-refractivity contribution in [3.63, 3.8) is 0 Å². The molecule has 1 aromatic heterocycles. The van der Waals surface area contributed by atoms with Gasteiger partial charge in [0, 0.05) is 24.8 Å². The van der Waals surface area contributed by atoms with Crippen LogP contribution >= 0.6 is 0 Å². The van der Waals surface area contributed by atoms with Gasteiger partial charge in [-0.05, 0) is 63.1 Å². The third-order valence-electron chi connectivity index (χ3n) is 4.35. The SMILES string of the molecule is C[C@@H]1CCCN1CCCOc1ccc(-n2ncccc2=O)cc1. The lowest BCUT2D eigenvalue weighted by atomic mass is 10.2. The highest BCUT2D eigenvalue weighted by molar-refractivity contribution is 5.36. The van der Waals surface area contributed by atoms with Gasteiger partial charge in [-0.15, -0.1) is 0 Å². The Bertz CT molecular complexity index is 681. The fraction of sp³-hybridized carbons (Fsp3) is 0.444. The lowest BCUT2D eigenvalue weighted by molar-refractivity contribution is 0.230. The second kappa shape index (κ2) is 7.42. The molecule has 2 aromatic rings. The van der Waals surface area contributed by atoms with Crippen molar-refractivity contribution in [2.24, 2.45) is 0 Å². The van der Waals surface area contributed by atoms with E-state index in [1.165, 1.54) is 30.1 Å². The van der Waals surface area contributed by atoms with Crippen LogP contribution in [0.2, 0.25) is 0 Å². The number of hydrogen-bond donors (Lipinski definition) is 0. The van der Waals surface area contributed by atoms with E-state index in [-0.39, 0.29) is 5.56 Å². The molecule has 0 radical (unpaired) electrons. The van der Waals surface area contributed by atoms with Crippen LogP contribution < -0.4 is 10.3 Å². The molecular weight excluding hydrogens is 290 g/mol. The highest BCUT2D eigenvalue weighted by atomic mass is 16.5. The minimum Gasteiger partial charge on any atom is -0.494 e. The first-order valence-electron chi connectivity index (χ1n) is 8.26. The fourth-order valence-electron chi connectivity index (χ4n) is 3.02. The number of hydrogen-bond acceptors (Lipinski definition) is 4. The quantitative estimate of drug-likeness (QED) is 0.769. The van der Waals surface area contributed by atoms with Gasteiger partial charge >= 0.3 is 0 Å². The molecular formula is C18H23N3O2. The molecule has 2 heterocycles. The number of benzene rings is 1. The van der Waals surface area contributed by atoms with Crippen molar-refractivity contribution in [2.75, 3.05) is 19.7 Å². The predicted octanol–water partition coefficient (Wildman–Crippen LogP) is 2.49. The van der Waals surface area contributed by atoms with E-state index in [2.05, 4.69) is 16.9 Å². The molecule has 3 rings (SSSR count). The number of aromatic nitrogens is 2. The van der Waals surface area contributed by atoms with Crippen LogP contribution in [0.25, 0.3) is 5.69 Å². The van der Waals surface area contributed by atoms with Crippen LogP contribution in [0.1, 0.15) is 26.2 Å². The van der Waals surface area contributed by atoms with E-state index in [1.54, 1.807) is 12.3 Å². The van der Waals surface area contributed by atoms with E-state index in [1.807, 2.05) is 24.3 Å². The molecule has 1 aromatic carbocycles. The summed E-state index contributed by atoms with van der Waals surface area (Å²) in [5, 5.41) is 4.06. The van der Waals surface area contributed by atoms with Crippen molar-refractivity contribution >= 4 is 0 Å². The third-order valence-corrected chi connectivity index (χ3v) is 4.35. The molecule has 0 aliphatic carbocycles. The molecule has 23 heavy (non-hydrogen) atoms. The molecule has 1 aliphatic rings. The van der Waals surface area contributed by atoms with Crippen molar-refractivity contribution in [2.45, 2.75) is 32.2 Å². The molecule has 1 saturated heterocycles. The second-order valence-electron chi connectivity index (χ2n) is 6.00. The van der Waals surface area contributed by atoms with E-state index in [0.717, 1.165) is 24.4 Å².